The van der Waals surface area contributed by atoms with Crippen molar-refractivity contribution in [2.45, 2.75) is 45.8 Å². The Hall–Kier alpha value is -1.35. The largest absolute Gasteiger partial charge is 0.371 e. The van der Waals surface area contributed by atoms with Crippen molar-refractivity contribution in [2.24, 2.45) is 5.92 Å². The van der Waals surface area contributed by atoms with E-state index in [0.717, 1.165) is 19.3 Å². The van der Waals surface area contributed by atoms with Gasteiger partial charge in [0, 0.05) is 18.9 Å². The van der Waals surface area contributed by atoms with E-state index in [4.69, 9.17) is 4.74 Å². The van der Waals surface area contributed by atoms with Crippen LogP contribution in [0.5, 0.6) is 0 Å². The van der Waals surface area contributed by atoms with E-state index in [2.05, 4.69) is 37.4 Å². The van der Waals surface area contributed by atoms with E-state index in [1.54, 1.807) is 0 Å². The SMILES string of the molecule is CCC(CC)C(=O)NCC1Cc2ccccc2CO1. The van der Waals surface area contributed by atoms with Gasteiger partial charge in [0.05, 0.1) is 12.7 Å². The fourth-order valence-corrected chi connectivity index (χ4v) is 2.56. The molecule has 1 amide bonds. The van der Waals surface area contributed by atoms with E-state index in [1.807, 2.05) is 6.07 Å². The van der Waals surface area contributed by atoms with Crippen molar-refractivity contribution in [1.29, 1.82) is 0 Å². The molecule has 104 valence electrons. The van der Waals surface area contributed by atoms with Gasteiger partial charge in [0.2, 0.25) is 5.91 Å². The Bertz CT molecular complexity index is 427. The second-order valence-electron chi connectivity index (χ2n) is 5.16. The van der Waals surface area contributed by atoms with Crippen molar-refractivity contribution in [3.05, 3.63) is 35.4 Å². The molecule has 1 atom stereocenters. The second-order valence-corrected chi connectivity index (χ2v) is 5.16. The Morgan fingerprint density at radius 3 is 2.68 bits per heavy atom. The summed E-state index contributed by atoms with van der Waals surface area (Å²) >= 11 is 0. The molecule has 0 fully saturated rings. The normalized spacial score (nSPS) is 18.2. The first kappa shape index (κ1) is 14.1. The second kappa shape index (κ2) is 6.71. The van der Waals surface area contributed by atoms with E-state index in [0.29, 0.717) is 13.2 Å². The van der Waals surface area contributed by atoms with Gasteiger partial charge >= 0.3 is 0 Å². The molecular formula is C16H23NO2. The van der Waals surface area contributed by atoms with Crippen LogP contribution in [0.3, 0.4) is 0 Å². The third kappa shape index (κ3) is 3.57. The molecule has 0 radical (unpaired) electrons. The summed E-state index contributed by atoms with van der Waals surface area (Å²) in [5, 5.41) is 3.02. The van der Waals surface area contributed by atoms with Crippen LogP contribution in [0.15, 0.2) is 24.3 Å². The first-order valence-corrected chi connectivity index (χ1v) is 7.20. The zero-order chi connectivity index (χ0) is 13.7. The molecule has 0 saturated carbocycles. The fourth-order valence-electron chi connectivity index (χ4n) is 2.56. The van der Waals surface area contributed by atoms with Gasteiger partial charge in [0.15, 0.2) is 0 Å². The third-order valence-electron chi connectivity index (χ3n) is 3.90. The van der Waals surface area contributed by atoms with Crippen molar-refractivity contribution >= 4 is 5.91 Å². The molecule has 0 spiro atoms. The lowest BCUT2D eigenvalue weighted by Crippen LogP contribution is -2.39. The summed E-state index contributed by atoms with van der Waals surface area (Å²) in [5.74, 6) is 0.295. The molecule has 1 aliphatic rings. The number of carbonyl (C=O) groups is 1. The van der Waals surface area contributed by atoms with Gasteiger partial charge in [-0.05, 0) is 24.0 Å². The molecule has 0 aliphatic carbocycles. The molecule has 1 heterocycles. The minimum atomic E-state index is 0.105. The molecule has 0 aromatic heterocycles. The smallest absolute Gasteiger partial charge is 0.223 e. The Kier molecular flexibility index (Phi) is 4.97. The van der Waals surface area contributed by atoms with Crippen molar-refractivity contribution in [3.63, 3.8) is 0 Å². The van der Waals surface area contributed by atoms with Crippen LogP contribution in [0.2, 0.25) is 0 Å². The Morgan fingerprint density at radius 2 is 2.00 bits per heavy atom. The zero-order valence-electron chi connectivity index (χ0n) is 11.8. The number of carbonyl (C=O) groups excluding carboxylic acids is 1. The summed E-state index contributed by atoms with van der Waals surface area (Å²) < 4.78 is 5.79. The highest BCUT2D eigenvalue weighted by Crippen LogP contribution is 2.20. The molecule has 1 aliphatic heterocycles. The van der Waals surface area contributed by atoms with Crippen LogP contribution in [-0.4, -0.2) is 18.6 Å². The predicted octanol–water partition coefficient (Wildman–Crippen LogP) is 2.68. The van der Waals surface area contributed by atoms with Crippen molar-refractivity contribution in [3.8, 4) is 0 Å². The first-order valence-electron chi connectivity index (χ1n) is 7.20. The summed E-state index contributed by atoms with van der Waals surface area (Å²) in [6.45, 7) is 5.38. The molecule has 2 rings (SSSR count). The van der Waals surface area contributed by atoms with Gasteiger partial charge < -0.3 is 10.1 Å². The highest BCUT2D eigenvalue weighted by Gasteiger charge is 2.20. The van der Waals surface area contributed by atoms with Crippen molar-refractivity contribution in [1.82, 2.24) is 5.32 Å². The predicted molar refractivity (Wildman–Crippen MR) is 75.8 cm³/mol. The summed E-state index contributed by atoms with van der Waals surface area (Å²) in [6.07, 6.45) is 2.79. The first-order chi connectivity index (χ1) is 9.24. The molecule has 3 heteroatoms. The molecule has 19 heavy (non-hydrogen) atoms. The van der Waals surface area contributed by atoms with Crippen LogP contribution in [-0.2, 0) is 22.6 Å². The van der Waals surface area contributed by atoms with E-state index < -0.39 is 0 Å². The van der Waals surface area contributed by atoms with Crippen LogP contribution in [0, 0.1) is 5.92 Å². The van der Waals surface area contributed by atoms with E-state index in [9.17, 15) is 4.79 Å². The maximum atomic E-state index is 11.9. The maximum Gasteiger partial charge on any atom is 0.223 e. The monoisotopic (exact) mass is 261 g/mol. The number of ether oxygens (including phenoxy) is 1. The number of hydrogen-bond acceptors (Lipinski definition) is 2. The maximum absolute atomic E-state index is 11.9. The minimum Gasteiger partial charge on any atom is -0.371 e. The average molecular weight is 261 g/mol. The lowest BCUT2D eigenvalue weighted by molar-refractivity contribution is -0.126. The highest BCUT2D eigenvalue weighted by molar-refractivity contribution is 5.78. The quantitative estimate of drug-likeness (QED) is 0.885. The number of amides is 1. The van der Waals surface area contributed by atoms with Crippen LogP contribution in [0.1, 0.15) is 37.8 Å². The molecule has 1 aromatic carbocycles. The van der Waals surface area contributed by atoms with Gasteiger partial charge in [0.25, 0.3) is 0 Å². The lowest BCUT2D eigenvalue weighted by atomic mass is 9.98. The Morgan fingerprint density at radius 1 is 1.32 bits per heavy atom. The van der Waals surface area contributed by atoms with Gasteiger partial charge in [-0.2, -0.15) is 0 Å². The van der Waals surface area contributed by atoms with Gasteiger partial charge in [-0.15, -0.1) is 0 Å². The van der Waals surface area contributed by atoms with Crippen molar-refractivity contribution < 1.29 is 9.53 Å². The van der Waals surface area contributed by atoms with Crippen LogP contribution in [0.4, 0.5) is 0 Å². The van der Waals surface area contributed by atoms with Crippen LogP contribution < -0.4 is 5.32 Å². The highest BCUT2D eigenvalue weighted by atomic mass is 16.5. The minimum absolute atomic E-state index is 0.105. The summed E-state index contributed by atoms with van der Waals surface area (Å²) in [6, 6.07) is 8.35. The summed E-state index contributed by atoms with van der Waals surface area (Å²) in [7, 11) is 0. The van der Waals surface area contributed by atoms with E-state index >= 15 is 0 Å². The number of hydrogen-bond donors (Lipinski definition) is 1. The lowest BCUT2D eigenvalue weighted by Gasteiger charge is -2.26. The van der Waals surface area contributed by atoms with Gasteiger partial charge in [0.1, 0.15) is 0 Å². The Labute approximate surface area is 115 Å². The molecule has 1 unspecified atom stereocenters. The van der Waals surface area contributed by atoms with E-state index in [-0.39, 0.29) is 17.9 Å². The van der Waals surface area contributed by atoms with Gasteiger partial charge in [-0.3, -0.25) is 4.79 Å². The number of fused-ring (bicyclic) bond motifs is 1. The third-order valence-corrected chi connectivity index (χ3v) is 3.90. The molecule has 1 aromatic rings. The van der Waals surface area contributed by atoms with Gasteiger partial charge in [-0.1, -0.05) is 38.1 Å². The fraction of sp³-hybridized carbons (Fsp3) is 0.562. The number of nitrogens with one attached hydrogen (secondary N) is 1. The van der Waals surface area contributed by atoms with E-state index in [1.165, 1.54) is 11.1 Å². The summed E-state index contributed by atoms with van der Waals surface area (Å²) in [5.41, 5.74) is 2.61. The van der Waals surface area contributed by atoms with Crippen LogP contribution >= 0.6 is 0 Å². The van der Waals surface area contributed by atoms with Crippen LogP contribution in [0.25, 0.3) is 0 Å². The standard InChI is InChI=1S/C16H23NO2/c1-3-12(4-2)16(18)17-10-15-9-13-7-5-6-8-14(13)11-19-15/h5-8,12,15H,3-4,9-11H2,1-2H3,(H,17,18). The van der Waals surface area contributed by atoms with Crippen molar-refractivity contribution in [2.75, 3.05) is 6.54 Å². The molecule has 0 saturated heterocycles. The molecule has 0 bridgehead atoms. The Balaban J connectivity index is 1.84. The molecular weight excluding hydrogens is 238 g/mol. The topological polar surface area (TPSA) is 38.3 Å². The molecule has 1 N–H and O–H groups in total. The molecule has 3 nitrogen and oxygen atoms in total. The number of benzene rings is 1. The zero-order valence-corrected chi connectivity index (χ0v) is 11.8. The number of rotatable bonds is 5. The summed E-state index contributed by atoms with van der Waals surface area (Å²) in [4.78, 5) is 11.9. The average Bonchev–Trinajstić information content (AvgIpc) is 2.46. The van der Waals surface area contributed by atoms with Gasteiger partial charge in [-0.25, -0.2) is 0 Å².